The summed E-state index contributed by atoms with van der Waals surface area (Å²) < 4.78 is 10.7. The van der Waals surface area contributed by atoms with Crippen LogP contribution in [-0.4, -0.2) is 40.8 Å². The van der Waals surface area contributed by atoms with Crippen molar-refractivity contribution >= 4 is 22.7 Å². The topological polar surface area (TPSA) is 94.8 Å². The van der Waals surface area contributed by atoms with Crippen LogP contribution in [0.25, 0.3) is 10.9 Å². The van der Waals surface area contributed by atoms with Crippen LogP contribution >= 0.6 is 0 Å². The molecule has 0 N–H and O–H groups in total. The van der Waals surface area contributed by atoms with E-state index < -0.39 is 11.0 Å². The number of amides is 1. The molecule has 0 saturated heterocycles. The number of hydrogen-bond donors (Lipinski definition) is 0. The lowest BCUT2D eigenvalue weighted by Gasteiger charge is -2.29. The predicted octanol–water partition coefficient (Wildman–Crippen LogP) is 4.37. The second kappa shape index (κ2) is 9.16. The highest BCUT2D eigenvalue weighted by Gasteiger charge is 2.22. The van der Waals surface area contributed by atoms with Gasteiger partial charge in [-0.2, -0.15) is 0 Å². The average molecular weight is 375 g/mol. The molecule has 2 rings (SSSR count). The number of nitrogens with zero attached hydrogens (tertiary/aromatic N) is 3. The van der Waals surface area contributed by atoms with Gasteiger partial charge in [-0.15, -0.1) is 0 Å². The van der Waals surface area contributed by atoms with Crippen LogP contribution in [-0.2, 0) is 4.74 Å². The number of benzene rings is 1. The van der Waals surface area contributed by atoms with Crippen LogP contribution in [0, 0.1) is 16.0 Å². The van der Waals surface area contributed by atoms with E-state index >= 15 is 0 Å². The van der Waals surface area contributed by atoms with E-state index in [1.54, 1.807) is 24.1 Å². The molecule has 0 spiro atoms. The maximum Gasteiger partial charge on any atom is 0.412 e. The standard InChI is InChI=1S/C19H25N3O5/c1-5-7-13(2)14(3)21(4)19(23)27-12-26-17-10-9-16(22(24)25)15-8-6-11-20-18(15)17/h6,8-11,13-14H,5,7,12H2,1-4H3. The molecule has 2 unspecified atom stereocenters. The summed E-state index contributed by atoms with van der Waals surface area (Å²) in [6.45, 7) is 5.89. The van der Waals surface area contributed by atoms with Gasteiger partial charge in [-0.25, -0.2) is 4.79 Å². The zero-order valence-electron chi connectivity index (χ0n) is 16.0. The van der Waals surface area contributed by atoms with Crippen molar-refractivity contribution in [3.63, 3.8) is 0 Å². The van der Waals surface area contributed by atoms with Crippen LogP contribution in [0.1, 0.15) is 33.6 Å². The number of fused-ring (bicyclic) bond motifs is 1. The van der Waals surface area contributed by atoms with Crippen LogP contribution in [0.2, 0.25) is 0 Å². The van der Waals surface area contributed by atoms with Crippen LogP contribution in [0.3, 0.4) is 0 Å². The highest BCUT2D eigenvalue weighted by Crippen LogP contribution is 2.31. The Hall–Kier alpha value is -2.90. The van der Waals surface area contributed by atoms with E-state index in [4.69, 9.17) is 9.47 Å². The van der Waals surface area contributed by atoms with Gasteiger partial charge in [-0.3, -0.25) is 15.1 Å². The minimum atomic E-state index is -0.482. The Kier molecular flexibility index (Phi) is 6.92. The van der Waals surface area contributed by atoms with Crippen molar-refractivity contribution in [1.29, 1.82) is 0 Å². The van der Waals surface area contributed by atoms with Gasteiger partial charge < -0.3 is 14.4 Å². The SMILES string of the molecule is CCCC(C)C(C)N(C)C(=O)OCOc1ccc([N+](=O)[O-])c2cccnc12. The van der Waals surface area contributed by atoms with Gasteiger partial charge >= 0.3 is 6.09 Å². The molecule has 8 nitrogen and oxygen atoms in total. The van der Waals surface area contributed by atoms with E-state index in [0.717, 1.165) is 12.8 Å². The first kappa shape index (κ1) is 20.4. The number of carbonyl (C=O) groups is 1. The highest BCUT2D eigenvalue weighted by molar-refractivity contribution is 5.92. The molecule has 1 heterocycles. The van der Waals surface area contributed by atoms with Gasteiger partial charge in [0.2, 0.25) is 6.79 Å². The molecule has 2 aromatic rings. The van der Waals surface area contributed by atoms with E-state index in [0.29, 0.717) is 22.6 Å². The normalized spacial score (nSPS) is 13.0. The second-order valence-corrected chi connectivity index (χ2v) is 6.53. The van der Waals surface area contributed by atoms with Gasteiger partial charge in [0.1, 0.15) is 11.3 Å². The van der Waals surface area contributed by atoms with Crippen LogP contribution < -0.4 is 4.74 Å². The lowest BCUT2D eigenvalue weighted by molar-refractivity contribution is -0.383. The first-order valence-electron chi connectivity index (χ1n) is 8.91. The van der Waals surface area contributed by atoms with E-state index in [2.05, 4.69) is 18.8 Å². The number of nitro groups is 1. The Morgan fingerprint density at radius 2 is 2.07 bits per heavy atom. The fourth-order valence-corrected chi connectivity index (χ4v) is 2.90. The molecule has 1 aromatic heterocycles. The van der Waals surface area contributed by atoms with Crippen LogP contribution in [0.15, 0.2) is 30.5 Å². The van der Waals surface area contributed by atoms with Crippen molar-refractivity contribution < 1.29 is 19.2 Å². The van der Waals surface area contributed by atoms with Gasteiger partial charge in [0, 0.05) is 25.4 Å². The second-order valence-electron chi connectivity index (χ2n) is 6.53. The molecule has 0 saturated carbocycles. The first-order valence-corrected chi connectivity index (χ1v) is 8.91. The van der Waals surface area contributed by atoms with Crippen molar-refractivity contribution in [2.75, 3.05) is 13.8 Å². The monoisotopic (exact) mass is 375 g/mol. The summed E-state index contributed by atoms with van der Waals surface area (Å²) in [4.78, 5) is 28.6. The third-order valence-electron chi connectivity index (χ3n) is 4.77. The summed E-state index contributed by atoms with van der Waals surface area (Å²) in [6.07, 6.45) is 3.12. The van der Waals surface area contributed by atoms with E-state index in [1.165, 1.54) is 18.3 Å². The fraction of sp³-hybridized carbons (Fsp3) is 0.474. The van der Waals surface area contributed by atoms with Gasteiger partial charge in [0.15, 0.2) is 0 Å². The number of pyridine rings is 1. The van der Waals surface area contributed by atoms with Crippen molar-refractivity contribution in [3.05, 3.63) is 40.6 Å². The first-order chi connectivity index (χ1) is 12.9. The molecule has 1 aromatic carbocycles. The minimum Gasteiger partial charge on any atom is -0.455 e. The summed E-state index contributed by atoms with van der Waals surface area (Å²) in [5, 5.41) is 11.5. The van der Waals surface area contributed by atoms with Crippen molar-refractivity contribution in [2.24, 2.45) is 5.92 Å². The number of rotatable bonds is 8. The average Bonchev–Trinajstić information content (AvgIpc) is 2.66. The molecule has 0 bridgehead atoms. The smallest absolute Gasteiger partial charge is 0.412 e. The molecule has 0 radical (unpaired) electrons. The van der Waals surface area contributed by atoms with Crippen molar-refractivity contribution in [3.8, 4) is 5.75 Å². The summed E-state index contributed by atoms with van der Waals surface area (Å²) in [7, 11) is 1.70. The maximum atomic E-state index is 12.2. The molecule has 0 fully saturated rings. The van der Waals surface area contributed by atoms with E-state index in [9.17, 15) is 14.9 Å². The van der Waals surface area contributed by atoms with Crippen molar-refractivity contribution in [1.82, 2.24) is 9.88 Å². The molecular weight excluding hydrogens is 350 g/mol. The highest BCUT2D eigenvalue weighted by atomic mass is 16.7. The number of aromatic nitrogens is 1. The lowest BCUT2D eigenvalue weighted by Crippen LogP contribution is -2.39. The number of carbonyl (C=O) groups excluding carboxylic acids is 1. The van der Waals surface area contributed by atoms with Gasteiger partial charge in [0.05, 0.1) is 10.3 Å². The molecule has 27 heavy (non-hydrogen) atoms. The van der Waals surface area contributed by atoms with Gasteiger partial charge in [-0.05, 0) is 37.5 Å². The molecular formula is C19H25N3O5. The Bertz CT molecular complexity index is 811. The quantitative estimate of drug-likeness (QED) is 0.386. The zero-order chi connectivity index (χ0) is 20.0. The van der Waals surface area contributed by atoms with E-state index in [-0.39, 0.29) is 18.5 Å². The third kappa shape index (κ3) is 4.84. The number of hydrogen-bond acceptors (Lipinski definition) is 6. The molecule has 0 aliphatic heterocycles. The number of nitro benzene ring substituents is 1. The Morgan fingerprint density at radius 1 is 1.33 bits per heavy atom. The Balaban J connectivity index is 2.02. The molecule has 0 aliphatic rings. The molecule has 1 amide bonds. The largest absolute Gasteiger partial charge is 0.455 e. The summed E-state index contributed by atoms with van der Waals surface area (Å²) >= 11 is 0. The Morgan fingerprint density at radius 3 is 2.74 bits per heavy atom. The zero-order valence-corrected chi connectivity index (χ0v) is 16.0. The van der Waals surface area contributed by atoms with Crippen LogP contribution in [0.5, 0.6) is 5.75 Å². The summed E-state index contributed by atoms with van der Waals surface area (Å²) in [6, 6.07) is 6.06. The molecule has 8 heteroatoms. The number of ether oxygens (including phenoxy) is 2. The van der Waals surface area contributed by atoms with Gasteiger partial charge in [0.25, 0.3) is 5.69 Å². The maximum absolute atomic E-state index is 12.2. The lowest BCUT2D eigenvalue weighted by atomic mass is 9.98. The minimum absolute atomic E-state index is 0.0410. The summed E-state index contributed by atoms with van der Waals surface area (Å²) in [5.41, 5.74) is 0.293. The number of non-ortho nitro benzene ring substituents is 1. The molecule has 146 valence electrons. The summed E-state index contributed by atoms with van der Waals surface area (Å²) in [5.74, 6) is 0.676. The Labute approximate surface area is 158 Å². The van der Waals surface area contributed by atoms with E-state index in [1.807, 2.05) is 6.92 Å². The van der Waals surface area contributed by atoms with Gasteiger partial charge in [-0.1, -0.05) is 20.3 Å². The molecule has 0 aliphatic carbocycles. The van der Waals surface area contributed by atoms with Crippen molar-refractivity contribution in [2.45, 2.75) is 39.7 Å². The predicted molar refractivity (Wildman–Crippen MR) is 102 cm³/mol. The van der Waals surface area contributed by atoms with Crippen LogP contribution in [0.4, 0.5) is 10.5 Å². The fourth-order valence-electron chi connectivity index (χ4n) is 2.90. The third-order valence-corrected chi connectivity index (χ3v) is 4.77. The molecule has 2 atom stereocenters.